The Bertz CT molecular complexity index is 1010. The van der Waals surface area contributed by atoms with Gasteiger partial charge < -0.3 is 9.47 Å². The molecule has 0 aliphatic heterocycles. The summed E-state index contributed by atoms with van der Waals surface area (Å²) >= 11 is 0. The van der Waals surface area contributed by atoms with E-state index in [4.69, 9.17) is 4.74 Å². The van der Waals surface area contributed by atoms with Crippen molar-refractivity contribution in [2.45, 2.75) is 13.8 Å². The van der Waals surface area contributed by atoms with Gasteiger partial charge in [-0.3, -0.25) is 10.1 Å². The number of nitrogens with zero attached hydrogens (tertiary/aromatic N) is 5. The minimum Gasteiger partial charge on any atom is -0.465 e. The van der Waals surface area contributed by atoms with Gasteiger partial charge in [-0.2, -0.15) is 10.1 Å². The average molecular weight is 369 g/mol. The van der Waals surface area contributed by atoms with Crippen LogP contribution in [0.15, 0.2) is 36.7 Å². The number of carbonyl (C=O) groups excluding carboxylic acids is 1. The van der Waals surface area contributed by atoms with Gasteiger partial charge in [-0.1, -0.05) is 0 Å². The van der Waals surface area contributed by atoms with Crippen LogP contribution in [-0.2, 0) is 4.74 Å². The number of hydrogen-bond donors (Lipinski definition) is 0. The second-order valence-electron chi connectivity index (χ2n) is 5.57. The molecule has 1 aromatic carbocycles. The molecule has 0 bridgehead atoms. The van der Waals surface area contributed by atoms with E-state index in [1.54, 1.807) is 19.9 Å². The van der Waals surface area contributed by atoms with Gasteiger partial charge in [0.15, 0.2) is 0 Å². The van der Waals surface area contributed by atoms with Crippen LogP contribution in [0.25, 0.3) is 5.82 Å². The molecule has 3 rings (SSSR count). The lowest BCUT2D eigenvalue weighted by molar-refractivity contribution is -0.386. The van der Waals surface area contributed by atoms with E-state index in [0.29, 0.717) is 17.0 Å². The maximum absolute atomic E-state index is 11.6. The lowest BCUT2D eigenvalue weighted by Crippen LogP contribution is -2.08. The lowest BCUT2D eigenvalue weighted by atomic mass is 10.2. The maximum Gasteiger partial charge on any atom is 0.375 e. The fraction of sp³-hybridized carbons (Fsp3) is 0.176. The number of aryl methyl sites for hydroxylation is 2. The van der Waals surface area contributed by atoms with Crippen molar-refractivity contribution in [1.29, 1.82) is 0 Å². The highest BCUT2D eigenvalue weighted by molar-refractivity contribution is 5.89. The van der Waals surface area contributed by atoms with Crippen molar-refractivity contribution in [2.24, 2.45) is 0 Å². The number of nitro groups is 1. The number of rotatable bonds is 5. The van der Waals surface area contributed by atoms with E-state index in [-0.39, 0.29) is 17.4 Å². The van der Waals surface area contributed by atoms with Gasteiger partial charge in [0.25, 0.3) is 0 Å². The van der Waals surface area contributed by atoms with Crippen LogP contribution < -0.4 is 4.74 Å². The van der Waals surface area contributed by atoms with Gasteiger partial charge in [0.2, 0.25) is 5.82 Å². The molecule has 0 radical (unpaired) electrons. The Morgan fingerprint density at radius 1 is 1.19 bits per heavy atom. The van der Waals surface area contributed by atoms with Gasteiger partial charge in [0, 0.05) is 5.69 Å². The van der Waals surface area contributed by atoms with Gasteiger partial charge in [0.1, 0.15) is 12.1 Å². The van der Waals surface area contributed by atoms with Crippen molar-refractivity contribution in [3.8, 4) is 17.4 Å². The molecule has 0 aliphatic rings. The van der Waals surface area contributed by atoms with E-state index < -0.39 is 16.6 Å². The predicted octanol–water partition coefficient (Wildman–Crippen LogP) is 2.77. The lowest BCUT2D eigenvalue weighted by Gasteiger charge is -2.09. The fourth-order valence-electron chi connectivity index (χ4n) is 2.48. The van der Waals surface area contributed by atoms with Crippen LogP contribution >= 0.6 is 0 Å². The van der Waals surface area contributed by atoms with E-state index in [0.717, 1.165) is 6.33 Å². The molecule has 10 nitrogen and oxygen atoms in total. The molecule has 27 heavy (non-hydrogen) atoms. The number of hydrogen-bond acceptors (Lipinski definition) is 8. The van der Waals surface area contributed by atoms with E-state index in [1.165, 1.54) is 36.1 Å². The largest absolute Gasteiger partial charge is 0.465 e. The molecule has 0 amide bonds. The topological polar surface area (TPSA) is 122 Å². The molecule has 138 valence electrons. The SMILES string of the molecule is COC(=O)c1ccc(Oc2ncnc(-n3nc(C)cc3C)c2[N+](=O)[O-])cc1. The first-order chi connectivity index (χ1) is 12.9. The molecule has 0 N–H and O–H groups in total. The van der Waals surface area contributed by atoms with Crippen molar-refractivity contribution < 1.29 is 19.2 Å². The molecule has 2 heterocycles. The third-order valence-electron chi connectivity index (χ3n) is 3.65. The van der Waals surface area contributed by atoms with Crippen LogP contribution in [0.4, 0.5) is 5.69 Å². The number of ether oxygens (including phenoxy) is 2. The normalized spacial score (nSPS) is 10.5. The molecular weight excluding hydrogens is 354 g/mol. The molecule has 0 aliphatic carbocycles. The molecule has 2 aromatic heterocycles. The highest BCUT2D eigenvalue weighted by atomic mass is 16.6. The standard InChI is InChI=1S/C17H15N5O5/c1-10-8-11(2)21(20-10)15-14(22(24)25)16(19-9-18-15)27-13-6-4-12(5-7-13)17(23)26-3/h4-9H,1-3H3. The molecule has 0 unspecified atom stereocenters. The van der Waals surface area contributed by atoms with E-state index in [2.05, 4.69) is 19.8 Å². The van der Waals surface area contributed by atoms with E-state index in [1.807, 2.05) is 0 Å². The molecule has 10 heteroatoms. The summed E-state index contributed by atoms with van der Waals surface area (Å²) in [5, 5.41) is 15.9. The minimum atomic E-state index is -0.621. The highest BCUT2D eigenvalue weighted by Gasteiger charge is 2.27. The van der Waals surface area contributed by atoms with Gasteiger partial charge in [-0.25, -0.2) is 14.5 Å². The second-order valence-corrected chi connectivity index (χ2v) is 5.57. The zero-order chi connectivity index (χ0) is 19.6. The summed E-state index contributed by atoms with van der Waals surface area (Å²) in [6.45, 7) is 3.54. The Balaban J connectivity index is 2.01. The van der Waals surface area contributed by atoms with Crippen LogP contribution in [0.5, 0.6) is 11.6 Å². The Kier molecular flexibility index (Phi) is 4.79. The number of aromatic nitrogens is 4. The third kappa shape index (κ3) is 3.59. The van der Waals surface area contributed by atoms with Gasteiger partial charge in [-0.15, -0.1) is 0 Å². The van der Waals surface area contributed by atoms with Crippen LogP contribution in [0.2, 0.25) is 0 Å². The Morgan fingerprint density at radius 2 is 1.89 bits per heavy atom. The first-order valence-electron chi connectivity index (χ1n) is 7.80. The van der Waals surface area contributed by atoms with Crippen LogP contribution in [0, 0.1) is 24.0 Å². The molecule has 0 atom stereocenters. The zero-order valence-corrected chi connectivity index (χ0v) is 14.7. The quantitative estimate of drug-likeness (QED) is 0.382. The van der Waals surface area contributed by atoms with Crippen molar-refractivity contribution >= 4 is 11.7 Å². The molecule has 3 aromatic rings. The maximum atomic E-state index is 11.6. The minimum absolute atomic E-state index is 0.00165. The van der Waals surface area contributed by atoms with Crippen LogP contribution in [0.3, 0.4) is 0 Å². The summed E-state index contributed by atoms with van der Waals surface area (Å²) in [6, 6.07) is 7.71. The number of benzene rings is 1. The Labute approximate surface area is 153 Å². The van der Waals surface area contributed by atoms with Gasteiger partial charge >= 0.3 is 17.5 Å². The summed E-state index contributed by atoms with van der Waals surface area (Å²) in [5.41, 5.74) is 1.29. The zero-order valence-electron chi connectivity index (χ0n) is 14.7. The average Bonchev–Trinajstić information content (AvgIpc) is 2.99. The summed E-state index contributed by atoms with van der Waals surface area (Å²) in [5.74, 6) is -0.463. The number of esters is 1. The van der Waals surface area contributed by atoms with Gasteiger partial charge in [-0.05, 0) is 44.2 Å². The highest BCUT2D eigenvalue weighted by Crippen LogP contribution is 2.33. The molecule has 0 saturated heterocycles. The van der Waals surface area contributed by atoms with E-state index >= 15 is 0 Å². The summed E-state index contributed by atoms with van der Waals surface area (Å²) < 4.78 is 11.5. The smallest absolute Gasteiger partial charge is 0.375 e. The Hall–Kier alpha value is -3.82. The van der Waals surface area contributed by atoms with Crippen LogP contribution in [-0.4, -0.2) is 37.8 Å². The van der Waals surface area contributed by atoms with Crippen molar-refractivity contribution in [2.75, 3.05) is 7.11 Å². The molecule has 0 fully saturated rings. The van der Waals surface area contributed by atoms with Crippen molar-refractivity contribution in [3.05, 3.63) is 63.7 Å². The molecule has 0 saturated carbocycles. The first kappa shape index (κ1) is 18.0. The van der Waals surface area contributed by atoms with Gasteiger partial charge in [0.05, 0.1) is 23.3 Å². The fourth-order valence-corrected chi connectivity index (χ4v) is 2.48. The first-order valence-corrected chi connectivity index (χ1v) is 7.80. The third-order valence-corrected chi connectivity index (χ3v) is 3.65. The summed E-state index contributed by atoms with van der Waals surface area (Å²) in [7, 11) is 1.28. The molecular formula is C17H15N5O5. The number of methoxy groups -OCH3 is 1. The van der Waals surface area contributed by atoms with Crippen molar-refractivity contribution in [3.63, 3.8) is 0 Å². The monoisotopic (exact) mass is 369 g/mol. The van der Waals surface area contributed by atoms with Crippen LogP contribution in [0.1, 0.15) is 21.7 Å². The van der Waals surface area contributed by atoms with Crippen molar-refractivity contribution in [1.82, 2.24) is 19.7 Å². The number of carbonyl (C=O) groups is 1. The predicted molar refractivity (Wildman–Crippen MR) is 93.1 cm³/mol. The Morgan fingerprint density at radius 3 is 2.44 bits per heavy atom. The summed E-state index contributed by atoms with van der Waals surface area (Å²) in [4.78, 5) is 30.4. The van der Waals surface area contributed by atoms with E-state index in [9.17, 15) is 14.9 Å². The summed E-state index contributed by atoms with van der Waals surface area (Å²) in [6.07, 6.45) is 1.16. The molecule has 0 spiro atoms. The second kappa shape index (κ2) is 7.20.